The van der Waals surface area contributed by atoms with Gasteiger partial charge < -0.3 is 11.1 Å². The number of carbonyl (C=O) groups excluding carboxylic acids is 1. The van der Waals surface area contributed by atoms with Gasteiger partial charge in [-0.05, 0) is 42.5 Å². The maximum absolute atomic E-state index is 13.3. The van der Waals surface area contributed by atoms with E-state index in [4.69, 9.17) is 5.73 Å². The standard InChI is InChI=1S/C18H21FN4OS/c1-3-5-13(8-9-20)16-11-25-18(22-16)23-17(24)21-12(2)14-6-4-7-15(19)10-14/h3-10,12,16H,1,11,20H2,2H3,(H2,21,22,23,24)/b9-8-,13-5+. The molecule has 0 saturated carbocycles. The Bertz CT molecular complexity index is 730. The summed E-state index contributed by atoms with van der Waals surface area (Å²) in [5.41, 5.74) is 7.07. The highest BCUT2D eigenvalue weighted by molar-refractivity contribution is 8.14. The molecule has 2 amide bonds. The van der Waals surface area contributed by atoms with Gasteiger partial charge in [0.25, 0.3) is 0 Å². The lowest BCUT2D eigenvalue weighted by Crippen LogP contribution is -2.39. The Balaban J connectivity index is 1.95. The number of halogens is 1. The van der Waals surface area contributed by atoms with Crippen LogP contribution in [0.2, 0.25) is 0 Å². The van der Waals surface area contributed by atoms with Crippen LogP contribution in [0.4, 0.5) is 9.18 Å². The molecule has 0 saturated heterocycles. The minimum Gasteiger partial charge on any atom is -0.405 e. The lowest BCUT2D eigenvalue weighted by molar-refractivity contribution is 0.242. The number of nitrogens with zero attached hydrogens (tertiary/aromatic N) is 1. The van der Waals surface area contributed by atoms with Crippen molar-refractivity contribution in [2.24, 2.45) is 10.7 Å². The number of amidine groups is 1. The van der Waals surface area contributed by atoms with E-state index in [-0.39, 0.29) is 23.9 Å². The summed E-state index contributed by atoms with van der Waals surface area (Å²) in [6.45, 7) is 5.47. The number of hydrogen-bond acceptors (Lipinski definition) is 4. The smallest absolute Gasteiger partial charge is 0.321 e. The summed E-state index contributed by atoms with van der Waals surface area (Å²) >= 11 is 1.45. The zero-order valence-electron chi connectivity index (χ0n) is 13.9. The van der Waals surface area contributed by atoms with E-state index in [9.17, 15) is 9.18 Å². The minimum atomic E-state index is -0.382. The average molecular weight is 360 g/mol. The second-order valence-corrected chi connectivity index (χ2v) is 6.41. The van der Waals surface area contributed by atoms with Gasteiger partial charge in [-0.15, -0.1) is 0 Å². The largest absolute Gasteiger partial charge is 0.405 e. The van der Waals surface area contributed by atoms with Crippen molar-refractivity contribution in [3.63, 3.8) is 0 Å². The molecule has 1 aromatic carbocycles. The number of allylic oxidation sites excluding steroid dienone is 2. The Morgan fingerprint density at radius 3 is 3.04 bits per heavy atom. The Morgan fingerprint density at radius 2 is 2.36 bits per heavy atom. The number of amides is 2. The van der Waals surface area contributed by atoms with Gasteiger partial charge in [-0.3, -0.25) is 10.3 Å². The van der Waals surface area contributed by atoms with E-state index in [1.54, 1.807) is 31.2 Å². The molecule has 2 atom stereocenters. The lowest BCUT2D eigenvalue weighted by Gasteiger charge is -2.14. The minimum absolute atomic E-state index is 0.0845. The molecule has 132 valence electrons. The number of nitrogens with one attached hydrogen (secondary N) is 2. The van der Waals surface area contributed by atoms with Gasteiger partial charge in [0.05, 0.1) is 12.1 Å². The first-order chi connectivity index (χ1) is 12.0. The van der Waals surface area contributed by atoms with Crippen molar-refractivity contribution >= 4 is 23.0 Å². The third-order valence-electron chi connectivity index (χ3n) is 3.55. The van der Waals surface area contributed by atoms with Gasteiger partial charge in [0.1, 0.15) is 5.82 Å². The molecule has 5 nitrogen and oxygen atoms in total. The summed E-state index contributed by atoms with van der Waals surface area (Å²) in [6.07, 6.45) is 6.74. The second-order valence-electron chi connectivity index (χ2n) is 5.40. The third kappa shape index (κ3) is 5.49. The zero-order valence-corrected chi connectivity index (χ0v) is 14.7. The van der Waals surface area contributed by atoms with Crippen LogP contribution in [-0.4, -0.2) is 23.0 Å². The van der Waals surface area contributed by atoms with Crippen LogP contribution in [0.25, 0.3) is 0 Å². The third-order valence-corrected chi connectivity index (χ3v) is 4.51. The van der Waals surface area contributed by atoms with E-state index >= 15 is 0 Å². The van der Waals surface area contributed by atoms with Crippen molar-refractivity contribution in [2.75, 3.05) is 5.75 Å². The molecule has 0 aromatic heterocycles. The van der Waals surface area contributed by atoms with Gasteiger partial charge in [0.2, 0.25) is 0 Å². The fraction of sp³-hybridized carbons (Fsp3) is 0.222. The summed E-state index contributed by atoms with van der Waals surface area (Å²) in [5.74, 6) is 0.374. The van der Waals surface area contributed by atoms with Crippen molar-refractivity contribution in [3.8, 4) is 0 Å². The molecule has 2 unspecified atom stereocenters. The molecule has 1 aliphatic rings. The maximum atomic E-state index is 13.3. The number of benzene rings is 1. The van der Waals surface area contributed by atoms with Crippen molar-refractivity contribution < 1.29 is 9.18 Å². The van der Waals surface area contributed by atoms with Gasteiger partial charge in [-0.2, -0.15) is 0 Å². The first kappa shape index (κ1) is 18.8. The number of carbonyl (C=O) groups is 1. The highest BCUT2D eigenvalue weighted by Gasteiger charge is 2.22. The number of urea groups is 1. The summed E-state index contributed by atoms with van der Waals surface area (Å²) in [4.78, 5) is 16.6. The van der Waals surface area contributed by atoms with Gasteiger partial charge in [-0.1, -0.05) is 42.6 Å². The SMILES string of the molecule is C=C/C=C(\C=C/N)C1CSC(NC(=O)NC(C)c2cccc(F)c2)=N1. The van der Waals surface area contributed by atoms with Crippen molar-refractivity contribution in [2.45, 2.75) is 19.0 Å². The van der Waals surface area contributed by atoms with Crippen LogP contribution in [-0.2, 0) is 0 Å². The van der Waals surface area contributed by atoms with Crippen LogP contribution in [0, 0.1) is 5.82 Å². The Morgan fingerprint density at radius 1 is 1.56 bits per heavy atom. The van der Waals surface area contributed by atoms with E-state index in [1.807, 2.05) is 6.08 Å². The fourth-order valence-electron chi connectivity index (χ4n) is 2.33. The zero-order chi connectivity index (χ0) is 18.2. The molecule has 0 fully saturated rings. The number of aliphatic imine (C=N–C) groups is 1. The molecule has 1 aliphatic heterocycles. The van der Waals surface area contributed by atoms with Crippen molar-refractivity contribution in [1.82, 2.24) is 10.6 Å². The van der Waals surface area contributed by atoms with E-state index in [0.717, 1.165) is 5.57 Å². The predicted octanol–water partition coefficient (Wildman–Crippen LogP) is 3.24. The van der Waals surface area contributed by atoms with Crippen LogP contribution in [0.1, 0.15) is 18.5 Å². The molecule has 0 aliphatic carbocycles. The van der Waals surface area contributed by atoms with Crippen LogP contribution < -0.4 is 16.4 Å². The molecule has 1 aromatic rings. The van der Waals surface area contributed by atoms with Crippen LogP contribution >= 0.6 is 11.8 Å². The molecule has 0 bridgehead atoms. The fourth-order valence-corrected chi connectivity index (χ4v) is 3.28. The van der Waals surface area contributed by atoms with Gasteiger partial charge in [0.15, 0.2) is 5.17 Å². The predicted molar refractivity (Wildman–Crippen MR) is 102 cm³/mol. The molecule has 7 heteroatoms. The summed E-state index contributed by atoms with van der Waals surface area (Å²) in [6, 6.07) is 5.34. The Kier molecular flexibility index (Phi) is 6.82. The monoisotopic (exact) mass is 360 g/mol. The van der Waals surface area contributed by atoms with E-state index in [2.05, 4.69) is 22.2 Å². The van der Waals surface area contributed by atoms with Crippen LogP contribution in [0.3, 0.4) is 0 Å². The number of thioether (sulfide) groups is 1. The molecule has 4 N–H and O–H groups in total. The normalized spacial score (nSPS) is 18.7. The second kappa shape index (κ2) is 9.08. The van der Waals surface area contributed by atoms with Crippen molar-refractivity contribution in [1.29, 1.82) is 0 Å². The van der Waals surface area contributed by atoms with Gasteiger partial charge >= 0.3 is 6.03 Å². The number of hydrogen-bond donors (Lipinski definition) is 3. The molecule has 25 heavy (non-hydrogen) atoms. The Hall–Kier alpha value is -2.54. The van der Waals surface area contributed by atoms with Crippen LogP contribution in [0.5, 0.6) is 0 Å². The van der Waals surface area contributed by atoms with E-state index in [1.165, 1.54) is 30.1 Å². The Labute approximate surface area is 151 Å². The average Bonchev–Trinajstić information content (AvgIpc) is 3.02. The highest BCUT2D eigenvalue weighted by atomic mass is 32.2. The summed E-state index contributed by atoms with van der Waals surface area (Å²) in [5, 5.41) is 6.03. The number of rotatable bonds is 5. The summed E-state index contributed by atoms with van der Waals surface area (Å²) < 4.78 is 13.3. The quantitative estimate of drug-likeness (QED) is 0.705. The van der Waals surface area contributed by atoms with Gasteiger partial charge in [0, 0.05) is 5.75 Å². The topological polar surface area (TPSA) is 79.5 Å². The van der Waals surface area contributed by atoms with Crippen LogP contribution in [0.15, 0.2) is 65.8 Å². The first-order valence-corrected chi connectivity index (χ1v) is 8.76. The first-order valence-electron chi connectivity index (χ1n) is 7.78. The van der Waals surface area contributed by atoms with Crippen molar-refractivity contribution in [3.05, 3.63) is 72.2 Å². The number of nitrogens with two attached hydrogens (primary N) is 1. The molecule has 1 heterocycles. The molecular formula is C18H21FN4OS. The highest BCUT2D eigenvalue weighted by Crippen LogP contribution is 2.23. The molecule has 0 spiro atoms. The molecule has 2 rings (SSSR count). The lowest BCUT2D eigenvalue weighted by atomic mass is 10.1. The molecule has 0 radical (unpaired) electrons. The van der Waals surface area contributed by atoms with E-state index in [0.29, 0.717) is 16.5 Å². The summed E-state index contributed by atoms with van der Waals surface area (Å²) in [7, 11) is 0. The van der Waals surface area contributed by atoms with E-state index < -0.39 is 0 Å². The molecular weight excluding hydrogens is 339 g/mol. The maximum Gasteiger partial charge on any atom is 0.321 e. The van der Waals surface area contributed by atoms with Gasteiger partial charge in [-0.25, -0.2) is 9.18 Å².